The molecule has 1 aliphatic rings. The van der Waals surface area contributed by atoms with Crippen molar-refractivity contribution in [2.24, 2.45) is 0 Å². The Morgan fingerprint density at radius 3 is 2.47 bits per heavy atom. The van der Waals surface area contributed by atoms with Crippen LogP contribution < -0.4 is 5.32 Å². The van der Waals surface area contributed by atoms with Crippen LogP contribution in [0.15, 0.2) is 30.3 Å². The standard InChI is InChI=1S/C23H34N2O5/c1-3-15-30-23(29)20(14-13-18-9-5-4-6-10-18)24-17(2)22(28)25(16-21(26)27)19-11-7-8-12-19/h4-6,9-10,17,19-20,24H,3,7-8,11-16H2,1-2H3,(H,26,27)/t17-,20?/m0/s1. The number of aryl methyl sites for hydroxylation is 1. The second-order valence-corrected chi connectivity index (χ2v) is 7.93. The van der Waals surface area contributed by atoms with Gasteiger partial charge in [-0.15, -0.1) is 0 Å². The summed E-state index contributed by atoms with van der Waals surface area (Å²) < 4.78 is 5.33. The van der Waals surface area contributed by atoms with Crippen molar-refractivity contribution in [2.45, 2.75) is 76.9 Å². The molecule has 7 nitrogen and oxygen atoms in total. The maximum atomic E-state index is 13.1. The molecule has 2 rings (SSSR count). The van der Waals surface area contributed by atoms with E-state index in [9.17, 15) is 19.5 Å². The number of carbonyl (C=O) groups is 3. The molecule has 30 heavy (non-hydrogen) atoms. The van der Waals surface area contributed by atoms with Crippen LogP contribution in [0.4, 0.5) is 0 Å². The first-order valence-electron chi connectivity index (χ1n) is 10.9. The number of hydrogen-bond acceptors (Lipinski definition) is 5. The van der Waals surface area contributed by atoms with Gasteiger partial charge in [0.15, 0.2) is 0 Å². The molecule has 2 atom stereocenters. The van der Waals surface area contributed by atoms with E-state index in [-0.39, 0.29) is 24.5 Å². The first-order chi connectivity index (χ1) is 14.4. The molecule has 0 radical (unpaired) electrons. The van der Waals surface area contributed by atoms with E-state index in [1.807, 2.05) is 37.3 Å². The van der Waals surface area contributed by atoms with Crippen LogP contribution in [0.25, 0.3) is 0 Å². The second kappa shape index (κ2) is 12.3. The SMILES string of the molecule is CCCOC(=O)C(CCc1ccccc1)N[C@@H](C)C(=O)N(CC(=O)O)C1CCCC1. The molecule has 1 unspecified atom stereocenters. The monoisotopic (exact) mass is 418 g/mol. The third kappa shape index (κ3) is 7.44. The molecule has 0 spiro atoms. The van der Waals surface area contributed by atoms with Crippen LogP contribution in [-0.2, 0) is 25.5 Å². The van der Waals surface area contributed by atoms with Gasteiger partial charge in [0.2, 0.25) is 5.91 Å². The summed E-state index contributed by atoms with van der Waals surface area (Å²) in [5.74, 6) is -1.68. The molecule has 1 saturated carbocycles. The van der Waals surface area contributed by atoms with E-state index in [2.05, 4.69) is 5.32 Å². The van der Waals surface area contributed by atoms with E-state index in [4.69, 9.17) is 4.74 Å². The summed E-state index contributed by atoms with van der Waals surface area (Å²) in [6.07, 6.45) is 5.52. The summed E-state index contributed by atoms with van der Waals surface area (Å²) >= 11 is 0. The van der Waals surface area contributed by atoms with Crippen molar-refractivity contribution >= 4 is 17.8 Å². The zero-order valence-corrected chi connectivity index (χ0v) is 18.0. The first-order valence-corrected chi connectivity index (χ1v) is 10.9. The van der Waals surface area contributed by atoms with Gasteiger partial charge in [0.1, 0.15) is 12.6 Å². The molecule has 166 valence electrons. The van der Waals surface area contributed by atoms with Gasteiger partial charge in [0, 0.05) is 6.04 Å². The Morgan fingerprint density at radius 1 is 1.20 bits per heavy atom. The van der Waals surface area contributed by atoms with Crippen molar-refractivity contribution in [1.82, 2.24) is 10.2 Å². The van der Waals surface area contributed by atoms with Crippen LogP contribution in [0.1, 0.15) is 57.9 Å². The van der Waals surface area contributed by atoms with E-state index >= 15 is 0 Å². The van der Waals surface area contributed by atoms with E-state index in [1.54, 1.807) is 6.92 Å². The van der Waals surface area contributed by atoms with Crippen molar-refractivity contribution < 1.29 is 24.2 Å². The largest absolute Gasteiger partial charge is 0.480 e. The first kappa shape index (κ1) is 23.9. The van der Waals surface area contributed by atoms with Crippen LogP contribution >= 0.6 is 0 Å². The van der Waals surface area contributed by atoms with Crippen LogP contribution in [0.2, 0.25) is 0 Å². The molecule has 1 aromatic rings. The molecule has 1 amide bonds. The van der Waals surface area contributed by atoms with Crippen molar-refractivity contribution in [3.05, 3.63) is 35.9 Å². The number of amides is 1. The minimum absolute atomic E-state index is 0.0485. The number of hydrogen-bond donors (Lipinski definition) is 2. The van der Waals surface area contributed by atoms with Crippen molar-refractivity contribution in [3.8, 4) is 0 Å². The number of nitrogens with zero attached hydrogens (tertiary/aromatic N) is 1. The zero-order chi connectivity index (χ0) is 21.9. The number of rotatable bonds is 12. The molecule has 2 N–H and O–H groups in total. The number of carbonyl (C=O) groups excluding carboxylic acids is 2. The van der Waals surface area contributed by atoms with Gasteiger partial charge in [-0.05, 0) is 44.6 Å². The van der Waals surface area contributed by atoms with Gasteiger partial charge in [-0.2, -0.15) is 0 Å². The maximum Gasteiger partial charge on any atom is 0.323 e. The third-order valence-corrected chi connectivity index (χ3v) is 5.47. The second-order valence-electron chi connectivity index (χ2n) is 7.93. The normalized spacial score (nSPS) is 16.1. The highest BCUT2D eigenvalue weighted by Crippen LogP contribution is 2.24. The third-order valence-electron chi connectivity index (χ3n) is 5.47. The Balaban J connectivity index is 2.05. The molecule has 0 saturated heterocycles. The van der Waals surface area contributed by atoms with Crippen molar-refractivity contribution in [2.75, 3.05) is 13.2 Å². The lowest BCUT2D eigenvalue weighted by Gasteiger charge is -2.31. The maximum absolute atomic E-state index is 13.1. The van der Waals surface area contributed by atoms with E-state index < -0.39 is 18.1 Å². The Morgan fingerprint density at radius 2 is 1.87 bits per heavy atom. The number of nitrogens with one attached hydrogen (secondary N) is 1. The van der Waals surface area contributed by atoms with Gasteiger partial charge < -0.3 is 14.7 Å². The number of benzene rings is 1. The number of carboxylic acids is 1. The Bertz CT molecular complexity index is 688. The average Bonchev–Trinajstić information content (AvgIpc) is 3.27. The van der Waals surface area contributed by atoms with Crippen molar-refractivity contribution in [3.63, 3.8) is 0 Å². The van der Waals surface area contributed by atoms with Gasteiger partial charge in [-0.1, -0.05) is 50.1 Å². The van der Waals surface area contributed by atoms with Gasteiger partial charge >= 0.3 is 11.9 Å². The molecule has 0 aromatic heterocycles. The Kier molecular flexibility index (Phi) is 9.80. The zero-order valence-electron chi connectivity index (χ0n) is 18.0. The predicted octanol–water partition coefficient (Wildman–Crippen LogP) is 2.77. The molecule has 7 heteroatoms. The van der Waals surface area contributed by atoms with Gasteiger partial charge in [0.25, 0.3) is 0 Å². The predicted molar refractivity (Wildman–Crippen MR) is 114 cm³/mol. The van der Waals surface area contributed by atoms with Gasteiger partial charge in [0.05, 0.1) is 12.6 Å². The lowest BCUT2D eigenvalue weighted by atomic mass is 10.0. The fraction of sp³-hybridized carbons (Fsp3) is 0.609. The summed E-state index contributed by atoms with van der Waals surface area (Å²) in [7, 11) is 0. The molecule has 1 fully saturated rings. The lowest BCUT2D eigenvalue weighted by molar-refractivity contribution is -0.149. The van der Waals surface area contributed by atoms with Crippen LogP contribution in [0.3, 0.4) is 0 Å². The van der Waals surface area contributed by atoms with Gasteiger partial charge in [-0.25, -0.2) is 0 Å². The molecule has 1 aliphatic carbocycles. The summed E-state index contributed by atoms with van der Waals surface area (Å²) in [4.78, 5) is 38.4. The highest BCUT2D eigenvalue weighted by atomic mass is 16.5. The Labute approximate surface area is 178 Å². The molecular weight excluding hydrogens is 384 g/mol. The van der Waals surface area contributed by atoms with E-state index in [1.165, 1.54) is 4.90 Å². The van der Waals surface area contributed by atoms with Crippen LogP contribution in [0.5, 0.6) is 0 Å². The Hall–Kier alpha value is -2.41. The fourth-order valence-corrected chi connectivity index (χ4v) is 3.90. The number of aliphatic carboxylic acids is 1. The van der Waals surface area contributed by atoms with Crippen LogP contribution in [0, 0.1) is 0 Å². The lowest BCUT2D eigenvalue weighted by Crippen LogP contribution is -2.54. The number of ether oxygens (including phenoxy) is 1. The fourth-order valence-electron chi connectivity index (χ4n) is 3.90. The number of carboxylic acid groups (broad SMARTS) is 1. The minimum Gasteiger partial charge on any atom is -0.480 e. The average molecular weight is 419 g/mol. The topological polar surface area (TPSA) is 95.9 Å². The molecule has 0 heterocycles. The quantitative estimate of drug-likeness (QED) is 0.507. The van der Waals surface area contributed by atoms with Gasteiger partial charge in [-0.3, -0.25) is 19.7 Å². The van der Waals surface area contributed by atoms with E-state index in [0.29, 0.717) is 19.4 Å². The molecule has 0 aliphatic heterocycles. The van der Waals surface area contributed by atoms with Crippen LogP contribution in [-0.4, -0.2) is 59.1 Å². The molecule has 0 bridgehead atoms. The summed E-state index contributed by atoms with van der Waals surface area (Å²) in [6.45, 7) is 3.63. The molecule has 1 aromatic carbocycles. The smallest absolute Gasteiger partial charge is 0.323 e. The highest BCUT2D eigenvalue weighted by molar-refractivity contribution is 5.86. The number of esters is 1. The summed E-state index contributed by atoms with van der Waals surface area (Å²) in [5.41, 5.74) is 1.10. The summed E-state index contributed by atoms with van der Waals surface area (Å²) in [6, 6.07) is 8.47. The molecular formula is C23H34N2O5. The summed E-state index contributed by atoms with van der Waals surface area (Å²) in [5, 5.41) is 12.4. The van der Waals surface area contributed by atoms with Crippen molar-refractivity contribution in [1.29, 1.82) is 0 Å². The van der Waals surface area contributed by atoms with E-state index in [0.717, 1.165) is 37.7 Å². The minimum atomic E-state index is -1.02. The highest BCUT2D eigenvalue weighted by Gasteiger charge is 2.33.